The van der Waals surface area contributed by atoms with Crippen molar-refractivity contribution in [1.29, 1.82) is 0 Å². The van der Waals surface area contributed by atoms with E-state index in [1.807, 2.05) is 33.0 Å². The number of carbonyl (C=O) groups excluding carboxylic acids is 1. The maximum absolute atomic E-state index is 12.0. The molecule has 0 atom stereocenters. The molecule has 0 spiro atoms. The van der Waals surface area contributed by atoms with Crippen LogP contribution in [0, 0.1) is 5.41 Å². The molecule has 0 amide bonds. The zero-order valence-corrected chi connectivity index (χ0v) is 11.8. The Hall–Kier alpha value is -1.12. The highest BCUT2D eigenvalue weighted by Gasteiger charge is 2.23. The molecule has 3 nitrogen and oxygen atoms in total. The quantitative estimate of drug-likeness (QED) is 0.820. The highest BCUT2D eigenvalue weighted by atomic mass is 16.1. The van der Waals surface area contributed by atoms with Gasteiger partial charge in [-0.15, -0.1) is 0 Å². The smallest absolute Gasteiger partial charge is 0.144 e. The van der Waals surface area contributed by atoms with E-state index in [1.54, 1.807) is 0 Å². The SMILES string of the molecule is CC(C)(C)C(=O)Cc1ccn(C2CCCCC2)n1. The van der Waals surface area contributed by atoms with Crippen LogP contribution < -0.4 is 0 Å². The van der Waals surface area contributed by atoms with Crippen LogP contribution in [0.5, 0.6) is 0 Å². The summed E-state index contributed by atoms with van der Waals surface area (Å²) in [4.78, 5) is 12.0. The van der Waals surface area contributed by atoms with Gasteiger partial charge in [0.05, 0.1) is 18.2 Å². The molecule has 1 aromatic heterocycles. The van der Waals surface area contributed by atoms with Crippen molar-refractivity contribution in [3.05, 3.63) is 18.0 Å². The van der Waals surface area contributed by atoms with Crippen LogP contribution in [0.25, 0.3) is 0 Å². The van der Waals surface area contributed by atoms with Crippen molar-refractivity contribution in [3.8, 4) is 0 Å². The number of carbonyl (C=O) groups is 1. The van der Waals surface area contributed by atoms with Crippen molar-refractivity contribution < 1.29 is 4.79 Å². The standard InChI is InChI=1S/C15H24N2O/c1-15(2,3)14(18)11-12-9-10-17(16-12)13-7-5-4-6-8-13/h9-10,13H,4-8,11H2,1-3H3. The van der Waals surface area contributed by atoms with Crippen LogP contribution in [-0.2, 0) is 11.2 Å². The van der Waals surface area contributed by atoms with Gasteiger partial charge in [-0.25, -0.2) is 0 Å². The number of hydrogen-bond acceptors (Lipinski definition) is 2. The molecule has 2 rings (SSSR count). The van der Waals surface area contributed by atoms with Gasteiger partial charge in [-0.05, 0) is 18.9 Å². The average molecular weight is 248 g/mol. The molecule has 1 aliphatic carbocycles. The van der Waals surface area contributed by atoms with E-state index in [4.69, 9.17) is 0 Å². The van der Waals surface area contributed by atoms with Gasteiger partial charge in [-0.3, -0.25) is 9.48 Å². The highest BCUT2D eigenvalue weighted by molar-refractivity contribution is 5.85. The third-order valence-electron chi connectivity index (χ3n) is 3.79. The van der Waals surface area contributed by atoms with Crippen LogP contribution in [0.3, 0.4) is 0 Å². The van der Waals surface area contributed by atoms with Gasteiger partial charge < -0.3 is 0 Å². The van der Waals surface area contributed by atoms with Gasteiger partial charge >= 0.3 is 0 Å². The summed E-state index contributed by atoms with van der Waals surface area (Å²) in [6.07, 6.45) is 8.93. The molecule has 0 radical (unpaired) electrons. The van der Waals surface area contributed by atoms with E-state index in [1.165, 1.54) is 32.1 Å². The second kappa shape index (κ2) is 5.25. The Morgan fingerprint density at radius 3 is 2.61 bits per heavy atom. The average Bonchev–Trinajstić information content (AvgIpc) is 2.77. The molecule has 0 aromatic carbocycles. The van der Waals surface area contributed by atoms with Crippen molar-refractivity contribution >= 4 is 5.78 Å². The zero-order valence-electron chi connectivity index (χ0n) is 11.8. The van der Waals surface area contributed by atoms with E-state index in [2.05, 4.69) is 9.78 Å². The Morgan fingerprint density at radius 2 is 2.00 bits per heavy atom. The Labute approximate surface area is 110 Å². The van der Waals surface area contributed by atoms with Gasteiger partial charge in [0.15, 0.2) is 0 Å². The van der Waals surface area contributed by atoms with Gasteiger partial charge in [-0.1, -0.05) is 40.0 Å². The van der Waals surface area contributed by atoms with Gasteiger partial charge in [0, 0.05) is 11.6 Å². The Kier molecular flexibility index (Phi) is 3.88. The summed E-state index contributed by atoms with van der Waals surface area (Å²) in [6, 6.07) is 2.55. The summed E-state index contributed by atoms with van der Waals surface area (Å²) in [5, 5.41) is 4.58. The van der Waals surface area contributed by atoms with Gasteiger partial charge in [0.2, 0.25) is 0 Å². The van der Waals surface area contributed by atoms with E-state index in [0.717, 1.165) is 5.69 Å². The molecule has 100 valence electrons. The van der Waals surface area contributed by atoms with Gasteiger partial charge in [0.1, 0.15) is 5.78 Å². The lowest BCUT2D eigenvalue weighted by atomic mass is 9.88. The van der Waals surface area contributed by atoms with Gasteiger partial charge in [-0.2, -0.15) is 5.10 Å². The summed E-state index contributed by atoms with van der Waals surface area (Å²) in [7, 11) is 0. The molecular formula is C15H24N2O. The summed E-state index contributed by atoms with van der Waals surface area (Å²) in [5.41, 5.74) is 0.648. The Balaban J connectivity index is 1.99. The molecule has 3 heteroatoms. The minimum atomic E-state index is -0.269. The molecule has 1 aromatic rings. The van der Waals surface area contributed by atoms with Crippen LogP contribution in [0.15, 0.2) is 12.3 Å². The summed E-state index contributed by atoms with van der Waals surface area (Å²) < 4.78 is 2.07. The molecule has 18 heavy (non-hydrogen) atoms. The summed E-state index contributed by atoms with van der Waals surface area (Å²) in [6.45, 7) is 5.90. The molecule has 1 heterocycles. The highest BCUT2D eigenvalue weighted by Crippen LogP contribution is 2.27. The molecular weight excluding hydrogens is 224 g/mol. The van der Waals surface area contributed by atoms with Gasteiger partial charge in [0.25, 0.3) is 0 Å². The number of rotatable bonds is 3. The first-order chi connectivity index (χ1) is 8.47. The number of nitrogens with zero attached hydrogens (tertiary/aromatic N) is 2. The van der Waals surface area contributed by atoms with Crippen molar-refractivity contribution in [3.63, 3.8) is 0 Å². The zero-order chi connectivity index (χ0) is 13.2. The normalized spacial score (nSPS) is 17.9. The second-order valence-corrected chi connectivity index (χ2v) is 6.43. The fraction of sp³-hybridized carbons (Fsp3) is 0.733. The van der Waals surface area contributed by atoms with E-state index in [-0.39, 0.29) is 11.2 Å². The lowest BCUT2D eigenvalue weighted by molar-refractivity contribution is -0.125. The van der Waals surface area contributed by atoms with Crippen LogP contribution in [-0.4, -0.2) is 15.6 Å². The molecule has 0 N–H and O–H groups in total. The number of hydrogen-bond donors (Lipinski definition) is 0. The van der Waals surface area contributed by atoms with Crippen LogP contribution in [0.2, 0.25) is 0 Å². The minimum Gasteiger partial charge on any atom is -0.299 e. The third kappa shape index (κ3) is 3.21. The lowest BCUT2D eigenvalue weighted by Crippen LogP contribution is -2.22. The summed E-state index contributed by atoms with van der Waals surface area (Å²) in [5.74, 6) is 0.261. The van der Waals surface area contributed by atoms with E-state index in [0.29, 0.717) is 12.5 Å². The second-order valence-electron chi connectivity index (χ2n) is 6.43. The van der Waals surface area contributed by atoms with Crippen molar-refractivity contribution in [2.45, 2.75) is 65.3 Å². The number of ketones is 1. The Morgan fingerprint density at radius 1 is 1.33 bits per heavy atom. The molecule has 1 aliphatic rings. The van der Waals surface area contributed by atoms with E-state index < -0.39 is 0 Å². The maximum atomic E-state index is 12.0. The fourth-order valence-electron chi connectivity index (χ4n) is 2.45. The molecule has 0 aliphatic heterocycles. The summed E-state index contributed by atoms with van der Waals surface area (Å²) >= 11 is 0. The predicted octanol–water partition coefficient (Wildman–Crippen LogP) is 3.55. The molecule has 1 fully saturated rings. The minimum absolute atomic E-state index is 0.261. The molecule has 0 unspecified atom stereocenters. The maximum Gasteiger partial charge on any atom is 0.144 e. The third-order valence-corrected chi connectivity index (χ3v) is 3.79. The topological polar surface area (TPSA) is 34.9 Å². The first-order valence-corrected chi connectivity index (χ1v) is 7.04. The monoisotopic (exact) mass is 248 g/mol. The van der Waals surface area contributed by atoms with E-state index >= 15 is 0 Å². The van der Waals surface area contributed by atoms with Crippen molar-refractivity contribution in [2.24, 2.45) is 5.41 Å². The predicted molar refractivity (Wildman–Crippen MR) is 72.5 cm³/mol. The molecule has 0 bridgehead atoms. The van der Waals surface area contributed by atoms with Crippen LogP contribution in [0.1, 0.15) is 64.6 Å². The lowest BCUT2D eigenvalue weighted by Gasteiger charge is -2.21. The fourth-order valence-corrected chi connectivity index (χ4v) is 2.45. The first-order valence-electron chi connectivity index (χ1n) is 7.04. The van der Waals surface area contributed by atoms with Crippen LogP contribution in [0.4, 0.5) is 0 Å². The molecule has 1 saturated carbocycles. The largest absolute Gasteiger partial charge is 0.299 e. The first kappa shape index (κ1) is 13.3. The number of aromatic nitrogens is 2. The van der Waals surface area contributed by atoms with E-state index in [9.17, 15) is 4.79 Å². The van der Waals surface area contributed by atoms with Crippen LogP contribution >= 0.6 is 0 Å². The molecule has 0 saturated heterocycles. The number of Topliss-reactive ketones (excluding diaryl/α,β-unsaturated/α-hetero) is 1. The van der Waals surface area contributed by atoms with Crippen molar-refractivity contribution in [1.82, 2.24) is 9.78 Å². The Bertz CT molecular complexity index is 408. The van der Waals surface area contributed by atoms with Crippen molar-refractivity contribution in [2.75, 3.05) is 0 Å².